The summed E-state index contributed by atoms with van der Waals surface area (Å²) in [5, 5.41) is 3.48. The lowest BCUT2D eigenvalue weighted by molar-refractivity contribution is 0.278. The summed E-state index contributed by atoms with van der Waals surface area (Å²) < 4.78 is 11.1. The maximum absolute atomic E-state index is 5.80. The third-order valence-electron chi connectivity index (χ3n) is 3.26. The second kappa shape index (κ2) is 8.81. The highest BCUT2D eigenvalue weighted by molar-refractivity contribution is 5.42. The summed E-state index contributed by atoms with van der Waals surface area (Å²) in [6.45, 7) is 8.19. The van der Waals surface area contributed by atoms with Crippen molar-refractivity contribution in [3.8, 4) is 11.5 Å². The summed E-state index contributed by atoms with van der Waals surface area (Å²) in [5.74, 6) is 1.66. The first-order chi connectivity index (χ1) is 9.21. The summed E-state index contributed by atoms with van der Waals surface area (Å²) in [7, 11) is 1.68. The molecule has 3 heteroatoms. The fraction of sp³-hybridized carbons (Fsp3) is 0.625. The number of benzene rings is 1. The third kappa shape index (κ3) is 5.52. The molecule has 0 saturated carbocycles. The Balaban J connectivity index is 2.36. The zero-order chi connectivity index (χ0) is 14.1. The molecule has 1 atom stereocenters. The molecule has 0 radical (unpaired) electrons. The predicted molar refractivity (Wildman–Crippen MR) is 80.2 cm³/mol. The van der Waals surface area contributed by atoms with Gasteiger partial charge >= 0.3 is 0 Å². The van der Waals surface area contributed by atoms with Crippen molar-refractivity contribution >= 4 is 0 Å². The van der Waals surface area contributed by atoms with Crippen LogP contribution in [-0.4, -0.2) is 26.3 Å². The Morgan fingerprint density at radius 3 is 2.63 bits per heavy atom. The molecule has 0 amide bonds. The standard InChI is InChI=1S/C16H27NO2/c1-5-14(17-6-2)8-7-11-19-15-10-9-13(3)12-16(15)18-4/h9-10,12,14,17H,5-8,11H2,1-4H3. The van der Waals surface area contributed by atoms with Gasteiger partial charge in [0.1, 0.15) is 0 Å². The molecule has 1 unspecified atom stereocenters. The zero-order valence-corrected chi connectivity index (χ0v) is 12.7. The normalized spacial score (nSPS) is 12.2. The fourth-order valence-electron chi connectivity index (χ4n) is 2.15. The molecule has 108 valence electrons. The van der Waals surface area contributed by atoms with Crippen molar-refractivity contribution in [3.05, 3.63) is 23.8 Å². The van der Waals surface area contributed by atoms with Crippen molar-refractivity contribution in [2.45, 2.75) is 46.1 Å². The van der Waals surface area contributed by atoms with Crippen molar-refractivity contribution < 1.29 is 9.47 Å². The van der Waals surface area contributed by atoms with Gasteiger partial charge in [0.2, 0.25) is 0 Å². The average Bonchev–Trinajstić information content (AvgIpc) is 2.43. The highest BCUT2D eigenvalue weighted by Gasteiger charge is 2.06. The van der Waals surface area contributed by atoms with Gasteiger partial charge in [0, 0.05) is 6.04 Å². The molecule has 0 saturated heterocycles. The van der Waals surface area contributed by atoms with Gasteiger partial charge in [-0.15, -0.1) is 0 Å². The van der Waals surface area contributed by atoms with E-state index in [0.29, 0.717) is 6.04 Å². The van der Waals surface area contributed by atoms with E-state index in [2.05, 4.69) is 26.1 Å². The summed E-state index contributed by atoms with van der Waals surface area (Å²) in [5.41, 5.74) is 1.18. The topological polar surface area (TPSA) is 30.5 Å². The molecule has 1 rings (SSSR count). The van der Waals surface area contributed by atoms with E-state index in [9.17, 15) is 0 Å². The summed E-state index contributed by atoms with van der Waals surface area (Å²) in [4.78, 5) is 0. The van der Waals surface area contributed by atoms with E-state index in [1.54, 1.807) is 7.11 Å². The van der Waals surface area contributed by atoms with Gasteiger partial charge in [0.25, 0.3) is 0 Å². The Kier molecular flexibility index (Phi) is 7.34. The largest absolute Gasteiger partial charge is 0.493 e. The van der Waals surface area contributed by atoms with Crippen molar-refractivity contribution in [1.82, 2.24) is 5.32 Å². The van der Waals surface area contributed by atoms with Gasteiger partial charge in [-0.3, -0.25) is 0 Å². The molecule has 0 bridgehead atoms. The highest BCUT2D eigenvalue weighted by Crippen LogP contribution is 2.27. The van der Waals surface area contributed by atoms with Gasteiger partial charge in [0.05, 0.1) is 13.7 Å². The lowest BCUT2D eigenvalue weighted by Gasteiger charge is -2.16. The minimum Gasteiger partial charge on any atom is -0.493 e. The van der Waals surface area contributed by atoms with Crippen LogP contribution in [0.1, 0.15) is 38.7 Å². The lowest BCUT2D eigenvalue weighted by Crippen LogP contribution is -2.28. The minimum atomic E-state index is 0.605. The first kappa shape index (κ1) is 15.8. The molecule has 0 aliphatic rings. The number of aryl methyl sites for hydroxylation is 1. The molecule has 1 aromatic carbocycles. The molecule has 0 heterocycles. The Hall–Kier alpha value is -1.22. The zero-order valence-electron chi connectivity index (χ0n) is 12.7. The number of methoxy groups -OCH3 is 1. The number of hydrogen-bond acceptors (Lipinski definition) is 3. The van der Waals surface area contributed by atoms with Crippen LogP contribution in [0.2, 0.25) is 0 Å². The molecule has 0 spiro atoms. The molecule has 1 N–H and O–H groups in total. The summed E-state index contributed by atoms with van der Waals surface area (Å²) in [6.07, 6.45) is 3.38. The van der Waals surface area contributed by atoms with E-state index in [4.69, 9.17) is 9.47 Å². The van der Waals surface area contributed by atoms with Gasteiger partial charge in [-0.25, -0.2) is 0 Å². The van der Waals surface area contributed by atoms with Crippen LogP contribution >= 0.6 is 0 Å². The van der Waals surface area contributed by atoms with Gasteiger partial charge in [0.15, 0.2) is 11.5 Å². The van der Waals surface area contributed by atoms with Gasteiger partial charge in [-0.05, 0) is 50.4 Å². The highest BCUT2D eigenvalue weighted by atomic mass is 16.5. The van der Waals surface area contributed by atoms with Crippen molar-refractivity contribution in [1.29, 1.82) is 0 Å². The van der Waals surface area contributed by atoms with Crippen molar-refractivity contribution in [2.75, 3.05) is 20.3 Å². The van der Waals surface area contributed by atoms with Crippen molar-refractivity contribution in [2.24, 2.45) is 0 Å². The van der Waals surface area contributed by atoms with E-state index < -0.39 is 0 Å². The smallest absolute Gasteiger partial charge is 0.161 e. The molecular formula is C16H27NO2. The number of hydrogen-bond donors (Lipinski definition) is 1. The Morgan fingerprint density at radius 1 is 1.21 bits per heavy atom. The van der Waals surface area contributed by atoms with Crippen LogP contribution < -0.4 is 14.8 Å². The van der Waals surface area contributed by atoms with Crippen LogP contribution in [0.4, 0.5) is 0 Å². The Bertz CT molecular complexity index is 366. The van der Waals surface area contributed by atoms with Gasteiger partial charge < -0.3 is 14.8 Å². The molecular weight excluding hydrogens is 238 g/mol. The van der Waals surface area contributed by atoms with E-state index in [-0.39, 0.29) is 0 Å². The quantitative estimate of drug-likeness (QED) is 0.693. The summed E-state index contributed by atoms with van der Waals surface area (Å²) >= 11 is 0. The Labute approximate surface area is 117 Å². The first-order valence-corrected chi connectivity index (χ1v) is 7.22. The van der Waals surface area contributed by atoms with Crippen LogP contribution in [0, 0.1) is 6.92 Å². The molecule has 19 heavy (non-hydrogen) atoms. The SMILES string of the molecule is CCNC(CC)CCCOc1ccc(C)cc1OC. The second-order valence-corrected chi connectivity index (χ2v) is 4.81. The van der Waals surface area contributed by atoms with Crippen LogP contribution in [-0.2, 0) is 0 Å². The average molecular weight is 265 g/mol. The van der Waals surface area contributed by atoms with E-state index in [0.717, 1.165) is 37.5 Å². The molecule has 3 nitrogen and oxygen atoms in total. The summed E-state index contributed by atoms with van der Waals surface area (Å²) in [6, 6.07) is 6.64. The lowest BCUT2D eigenvalue weighted by atomic mass is 10.1. The van der Waals surface area contributed by atoms with Crippen molar-refractivity contribution in [3.63, 3.8) is 0 Å². The molecule has 0 fully saturated rings. The number of nitrogens with one attached hydrogen (secondary N) is 1. The van der Waals surface area contributed by atoms with Gasteiger partial charge in [-0.1, -0.05) is 19.9 Å². The number of ether oxygens (including phenoxy) is 2. The number of rotatable bonds is 9. The molecule has 0 aliphatic heterocycles. The predicted octanol–water partition coefficient (Wildman–Crippen LogP) is 3.55. The maximum atomic E-state index is 5.80. The fourth-order valence-corrected chi connectivity index (χ4v) is 2.15. The Morgan fingerprint density at radius 2 is 2.00 bits per heavy atom. The van der Waals surface area contributed by atoms with Crippen LogP contribution in [0.5, 0.6) is 11.5 Å². The molecule has 1 aromatic rings. The molecule has 0 aromatic heterocycles. The third-order valence-corrected chi connectivity index (χ3v) is 3.26. The van der Waals surface area contributed by atoms with E-state index >= 15 is 0 Å². The van der Waals surface area contributed by atoms with Crippen LogP contribution in [0.15, 0.2) is 18.2 Å². The van der Waals surface area contributed by atoms with E-state index in [1.165, 1.54) is 12.0 Å². The van der Waals surface area contributed by atoms with Gasteiger partial charge in [-0.2, -0.15) is 0 Å². The minimum absolute atomic E-state index is 0.605. The first-order valence-electron chi connectivity index (χ1n) is 7.22. The monoisotopic (exact) mass is 265 g/mol. The second-order valence-electron chi connectivity index (χ2n) is 4.81. The molecule has 0 aliphatic carbocycles. The van der Waals surface area contributed by atoms with Crippen LogP contribution in [0.25, 0.3) is 0 Å². The van der Waals surface area contributed by atoms with Crippen LogP contribution in [0.3, 0.4) is 0 Å². The maximum Gasteiger partial charge on any atom is 0.161 e. The van der Waals surface area contributed by atoms with E-state index in [1.807, 2.05) is 18.2 Å².